The molecule has 1 rings (SSSR count). The Kier molecular flexibility index (Phi) is 8.84. The average molecular weight is 299 g/mol. The molecule has 0 amide bonds. The maximum Gasteiger partial charge on any atom is 0.0613 e. The van der Waals surface area contributed by atoms with Gasteiger partial charge in [-0.3, -0.25) is 0 Å². The average Bonchev–Trinajstić information content (AvgIpc) is 3.28. The van der Waals surface area contributed by atoms with Crippen molar-refractivity contribution in [3.05, 3.63) is 0 Å². The van der Waals surface area contributed by atoms with E-state index in [-0.39, 0.29) is 12.1 Å². The minimum atomic E-state index is -0.0345. The molecule has 0 aromatic carbocycles. The predicted molar refractivity (Wildman–Crippen MR) is 91.7 cm³/mol. The second-order valence-electron chi connectivity index (χ2n) is 7.15. The monoisotopic (exact) mass is 298 g/mol. The summed E-state index contributed by atoms with van der Waals surface area (Å²) in [4.78, 5) is 2.60. The van der Waals surface area contributed by atoms with E-state index in [1.807, 2.05) is 0 Å². The van der Waals surface area contributed by atoms with Crippen LogP contribution in [-0.4, -0.2) is 47.3 Å². The quantitative estimate of drug-likeness (QED) is 0.510. The van der Waals surface area contributed by atoms with Gasteiger partial charge in [-0.15, -0.1) is 0 Å². The van der Waals surface area contributed by atoms with Gasteiger partial charge in [-0.05, 0) is 65.5 Å². The van der Waals surface area contributed by atoms with Crippen LogP contribution in [0, 0.1) is 0 Å². The summed E-state index contributed by atoms with van der Waals surface area (Å²) in [6, 6.07) is 1.30. The van der Waals surface area contributed by atoms with Crippen LogP contribution in [0.3, 0.4) is 0 Å². The minimum Gasteiger partial charge on any atom is -0.394 e. The number of unbranched alkanes of at least 4 members (excludes halogenated alkanes) is 2. The van der Waals surface area contributed by atoms with Crippen LogP contribution >= 0.6 is 0 Å². The van der Waals surface area contributed by atoms with E-state index in [0.29, 0.717) is 12.1 Å². The topological polar surface area (TPSA) is 35.5 Å². The summed E-state index contributed by atoms with van der Waals surface area (Å²) < 4.78 is 0. The number of nitrogens with zero attached hydrogens (tertiary/aromatic N) is 1. The summed E-state index contributed by atoms with van der Waals surface area (Å²) in [5, 5.41) is 13.5. The molecule has 0 heterocycles. The molecule has 0 saturated heterocycles. The van der Waals surface area contributed by atoms with E-state index in [2.05, 4.69) is 37.9 Å². The van der Waals surface area contributed by atoms with Crippen molar-refractivity contribution in [3.63, 3.8) is 0 Å². The van der Waals surface area contributed by atoms with Crippen molar-refractivity contribution in [3.8, 4) is 0 Å². The lowest BCUT2D eigenvalue weighted by Crippen LogP contribution is -2.49. The van der Waals surface area contributed by atoms with Gasteiger partial charge in [0.15, 0.2) is 0 Å². The molecule has 1 aliphatic carbocycles. The third-order valence-electron chi connectivity index (χ3n) is 4.95. The van der Waals surface area contributed by atoms with Crippen LogP contribution in [0.25, 0.3) is 0 Å². The molecule has 1 fully saturated rings. The van der Waals surface area contributed by atoms with Gasteiger partial charge in [-0.25, -0.2) is 0 Å². The molecular formula is C18H38N2O. The molecule has 0 spiro atoms. The summed E-state index contributed by atoms with van der Waals surface area (Å²) in [7, 11) is 0. The standard InChI is InChI=1S/C18H38N2O/c1-5-7-8-13-20(16(3)4)14-9-12-18(6-2,15-21)19-17-10-11-17/h16-17,19,21H,5-15H2,1-4H3. The van der Waals surface area contributed by atoms with E-state index in [4.69, 9.17) is 0 Å². The summed E-state index contributed by atoms with van der Waals surface area (Å²) in [5.74, 6) is 0. The smallest absolute Gasteiger partial charge is 0.0613 e. The summed E-state index contributed by atoms with van der Waals surface area (Å²) in [5.41, 5.74) is -0.0345. The number of aliphatic hydroxyl groups is 1. The molecule has 0 bridgehead atoms. The molecule has 0 aromatic rings. The molecule has 0 radical (unpaired) electrons. The second-order valence-corrected chi connectivity index (χ2v) is 7.15. The zero-order valence-corrected chi connectivity index (χ0v) is 14.8. The Balaban J connectivity index is 2.35. The highest BCUT2D eigenvalue weighted by molar-refractivity contribution is 4.94. The van der Waals surface area contributed by atoms with Gasteiger partial charge < -0.3 is 15.3 Å². The Labute approximate surface area is 132 Å². The first-order valence-corrected chi connectivity index (χ1v) is 9.19. The Morgan fingerprint density at radius 3 is 2.29 bits per heavy atom. The van der Waals surface area contributed by atoms with Crippen molar-refractivity contribution in [2.45, 2.75) is 96.7 Å². The van der Waals surface area contributed by atoms with E-state index in [1.54, 1.807) is 0 Å². The lowest BCUT2D eigenvalue weighted by atomic mass is 9.90. The van der Waals surface area contributed by atoms with Gasteiger partial charge >= 0.3 is 0 Å². The van der Waals surface area contributed by atoms with Crippen molar-refractivity contribution >= 4 is 0 Å². The van der Waals surface area contributed by atoms with E-state index < -0.39 is 0 Å². The Hall–Kier alpha value is -0.120. The molecule has 1 atom stereocenters. The van der Waals surface area contributed by atoms with E-state index >= 15 is 0 Å². The summed E-state index contributed by atoms with van der Waals surface area (Å²) in [6.07, 6.45) is 9.81. The molecule has 0 aromatic heterocycles. The largest absolute Gasteiger partial charge is 0.394 e. The molecule has 3 heteroatoms. The third kappa shape index (κ3) is 7.12. The Morgan fingerprint density at radius 1 is 1.14 bits per heavy atom. The summed E-state index contributed by atoms with van der Waals surface area (Å²) >= 11 is 0. The number of rotatable bonds is 13. The fraction of sp³-hybridized carbons (Fsp3) is 1.00. The molecule has 21 heavy (non-hydrogen) atoms. The van der Waals surface area contributed by atoms with Gasteiger partial charge in [-0.1, -0.05) is 26.7 Å². The van der Waals surface area contributed by atoms with Crippen LogP contribution in [0.2, 0.25) is 0 Å². The van der Waals surface area contributed by atoms with Crippen LogP contribution in [-0.2, 0) is 0 Å². The number of hydrogen-bond donors (Lipinski definition) is 2. The summed E-state index contributed by atoms with van der Waals surface area (Å²) in [6.45, 7) is 11.7. The van der Waals surface area contributed by atoms with Crippen LogP contribution in [0.15, 0.2) is 0 Å². The van der Waals surface area contributed by atoms with E-state index in [0.717, 1.165) is 19.4 Å². The predicted octanol–water partition coefficient (Wildman–Crippen LogP) is 3.56. The van der Waals surface area contributed by atoms with Crippen molar-refractivity contribution in [1.29, 1.82) is 0 Å². The normalized spacial score (nSPS) is 18.4. The van der Waals surface area contributed by atoms with Crippen molar-refractivity contribution < 1.29 is 5.11 Å². The lowest BCUT2D eigenvalue weighted by molar-refractivity contribution is 0.132. The van der Waals surface area contributed by atoms with Crippen molar-refractivity contribution in [1.82, 2.24) is 10.2 Å². The van der Waals surface area contributed by atoms with Gasteiger partial charge in [0.25, 0.3) is 0 Å². The number of nitrogens with one attached hydrogen (secondary N) is 1. The van der Waals surface area contributed by atoms with Crippen molar-refractivity contribution in [2.24, 2.45) is 0 Å². The Morgan fingerprint density at radius 2 is 1.81 bits per heavy atom. The highest BCUT2D eigenvalue weighted by Crippen LogP contribution is 2.27. The minimum absolute atomic E-state index is 0.0345. The maximum absolute atomic E-state index is 9.82. The molecule has 1 saturated carbocycles. The van der Waals surface area contributed by atoms with E-state index in [1.165, 1.54) is 45.1 Å². The lowest BCUT2D eigenvalue weighted by Gasteiger charge is -2.34. The first kappa shape index (κ1) is 18.9. The first-order valence-electron chi connectivity index (χ1n) is 9.19. The van der Waals surface area contributed by atoms with Gasteiger partial charge in [0.1, 0.15) is 0 Å². The van der Waals surface area contributed by atoms with Crippen LogP contribution in [0.5, 0.6) is 0 Å². The van der Waals surface area contributed by atoms with Crippen LogP contribution < -0.4 is 5.32 Å². The van der Waals surface area contributed by atoms with Crippen LogP contribution in [0.4, 0.5) is 0 Å². The van der Waals surface area contributed by atoms with E-state index in [9.17, 15) is 5.11 Å². The second kappa shape index (κ2) is 9.81. The number of aliphatic hydroxyl groups excluding tert-OH is 1. The van der Waals surface area contributed by atoms with Gasteiger partial charge in [0.05, 0.1) is 6.61 Å². The third-order valence-corrected chi connectivity index (χ3v) is 4.95. The molecule has 2 N–H and O–H groups in total. The molecular weight excluding hydrogens is 260 g/mol. The fourth-order valence-corrected chi connectivity index (χ4v) is 3.06. The van der Waals surface area contributed by atoms with Crippen LogP contribution in [0.1, 0.15) is 79.1 Å². The highest BCUT2D eigenvalue weighted by atomic mass is 16.3. The molecule has 3 nitrogen and oxygen atoms in total. The first-order chi connectivity index (χ1) is 10.1. The SMILES string of the molecule is CCCCCN(CCCC(CC)(CO)NC1CC1)C(C)C. The molecule has 1 aliphatic rings. The van der Waals surface area contributed by atoms with Gasteiger partial charge in [0.2, 0.25) is 0 Å². The van der Waals surface area contributed by atoms with Crippen molar-refractivity contribution in [2.75, 3.05) is 19.7 Å². The molecule has 1 unspecified atom stereocenters. The molecule has 0 aliphatic heterocycles. The maximum atomic E-state index is 9.82. The Bertz CT molecular complexity index is 260. The zero-order valence-electron chi connectivity index (χ0n) is 14.8. The van der Waals surface area contributed by atoms with Gasteiger partial charge in [-0.2, -0.15) is 0 Å². The fourth-order valence-electron chi connectivity index (χ4n) is 3.06. The number of hydrogen-bond acceptors (Lipinski definition) is 3. The zero-order chi connectivity index (χ0) is 15.7. The highest BCUT2D eigenvalue weighted by Gasteiger charge is 2.34. The van der Waals surface area contributed by atoms with Gasteiger partial charge in [0, 0.05) is 17.6 Å². The molecule has 126 valence electrons.